The summed E-state index contributed by atoms with van der Waals surface area (Å²) in [6.45, 7) is 11.1. The Balaban J connectivity index is 2.62. The molecule has 0 bridgehead atoms. The van der Waals surface area contributed by atoms with Crippen molar-refractivity contribution in [2.24, 2.45) is 5.92 Å². The molecule has 1 N–H and O–H groups in total. The van der Waals surface area contributed by atoms with E-state index in [0.717, 1.165) is 0 Å². The van der Waals surface area contributed by atoms with Crippen LogP contribution >= 0.6 is 11.3 Å². The molecule has 1 aromatic heterocycles. The minimum absolute atomic E-state index is 0.421. The van der Waals surface area contributed by atoms with Crippen LogP contribution in [0.3, 0.4) is 0 Å². The molecule has 1 rings (SSSR count). The van der Waals surface area contributed by atoms with E-state index in [2.05, 4.69) is 44.9 Å². The van der Waals surface area contributed by atoms with Gasteiger partial charge in [-0.2, -0.15) is 0 Å². The van der Waals surface area contributed by atoms with E-state index in [1.165, 1.54) is 17.0 Å². The molecule has 0 saturated carbocycles. The zero-order chi connectivity index (χ0) is 11.4. The topological polar surface area (TPSA) is 24.9 Å². The molecule has 0 aliphatic rings. The summed E-state index contributed by atoms with van der Waals surface area (Å²) in [6.07, 6.45) is 1.18. The van der Waals surface area contributed by atoms with Crippen molar-refractivity contribution in [1.29, 1.82) is 0 Å². The van der Waals surface area contributed by atoms with Crippen LogP contribution in [0.25, 0.3) is 0 Å². The molecule has 0 amide bonds. The fourth-order valence-corrected chi connectivity index (χ4v) is 2.72. The van der Waals surface area contributed by atoms with Gasteiger partial charge in [0.2, 0.25) is 0 Å². The molecule has 2 unspecified atom stereocenters. The normalized spacial score (nSPS) is 15.6. The maximum atomic E-state index is 4.29. The first-order valence-electron chi connectivity index (χ1n) is 5.72. The molecule has 0 saturated heterocycles. The second-order valence-corrected chi connectivity index (χ2v) is 5.34. The van der Waals surface area contributed by atoms with Crippen molar-refractivity contribution >= 4 is 11.3 Å². The van der Waals surface area contributed by atoms with Crippen LogP contribution in [-0.4, -0.2) is 11.0 Å². The summed E-state index contributed by atoms with van der Waals surface area (Å²) in [5.41, 5.74) is 3.10. The van der Waals surface area contributed by atoms with Gasteiger partial charge >= 0.3 is 0 Å². The SMILES string of the molecule is CCC(NC(C)c1scnc1C)C(C)C. The molecule has 0 fully saturated rings. The minimum atomic E-state index is 0.421. The maximum absolute atomic E-state index is 4.29. The van der Waals surface area contributed by atoms with Gasteiger partial charge < -0.3 is 5.32 Å². The van der Waals surface area contributed by atoms with E-state index in [0.29, 0.717) is 18.0 Å². The first-order valence-corrected chi connectivity index (χ1v) is 6.60. The Labute approximate surface area is 97.1 Å². The summed E-state index contributed by atoms with van der Waals surface area (Å²) in [5.74, 6) is 0.686. The molecule has 0 spiro atoms. The molecular weight excluding hydrogens is 204 g/mol. The molecule has 0 aromatic carbocycles. The van der Waals surface area contributed by atoms with E-state index in [4.69, 9.17) is 0 Å². The molecule has 3 heteroatoms. The van der Waals surface area contributed by atoms with Crippen molar-refractivity contribution in [3.8, 4) is 0 Å². The van der Waals surface area contributed by atoms with Crippen LogP contribution in [0.4, 0.5) is 0 Å². The average molecular weight is 226 g/mol. The van der Waals surface area contributed by atoms with E-state index >= 15 is 0 Å². The second-order valence-electron chi connectivity index (χ2n) is 4.45. The molecule has 2 atom stereocenters. The van der Waals surface area contributed by atoms with Gasteiger partial charge in [0, 0.05) is 17.0 Å². The fraction of sp³-hybridized carbons (Fsp3) is 0.750. The molecule has 86 valence electrons. The lowest BCUT2D eigenvalue weighted by Gasteiger charge is -2.25. The van der Waals surface area contributed by atoms with Gasteiger partial charge in [-0.15, -0.1) is 11.3 Å². The predicted molar refractivity (Wildman–Crippen MR) is 67.3 cm³/mol. The molecule has 1 aromatic rings. The van der Waals surface area contributed by atoms with Crippen LogP contribution in [0.1, 0.15) is 50.7 Å². The standard InChI is InChI=1S/C12H22N2S/c1-6-11(8(2)3)14-10(5)12-9(4)13-7-15-12/h7-8,10-11,14H,6H2,1-5H3. The smallest absolute Gasteiger partial charge is 0.0798 e. The number of hydrogen-bond donors (Lipinski definition) is 1. The third kappa shape index (κ3) is 3.28. The van der Waals surface area contributed by atoms with E-state index in [1.807, 2.05) is 5.51 Å². The fourth-order valence-electron chi connectivity index (χ4n) is 1.90. The van der Waals surface area contributed by atoms with Gasteiger partial charge in [0.25, 0.3) is 0 Å². The number of aryl methyl sites for hydroxylation is 1. The molecule has 0 aliphatic heterocycles. The summed E-state index contributed by atoms with van der Waals surface area (Å²) >= 11 is 1.75. The molecule has 1 heterocycles. The first kappa shape index (κ1) is 12.7. The van der Waals surface area contributed by atoms with Gasteiger partial charge in [-0.1, -0.05) is 20.8 Å². The van der Waals surface area contributed by atoms with Crippen LogP contribution in [0.2, 0.25) is 0 Å². The van der Waals surface area contributed by atoms with Crippen molar-refractivity contribution < 1.29 is 0 Å². The Hall–Kier alpha value is -0.410. The highest BCUT2D eigenvalue weighted by molar-refractivity contribution is 7.09. The van der Waals surface area contributed by atoms with Crippen LogP contribution in [0.15, 0.2) is 5.51 Å². The lowest BCUT2D eigenvalue weighted by atomic mass is 10.0. The van der Waals surface area contributed by atoms with Crippen molar-refractivity contribution in [2.75, 3.05) is 0 Å². The van der Waals surface area contributed by atoms with Gasteiger partial charge in [0.1, 0.15) is 0 Å². The first-order chi connectivity index (χ1) is 7.06. The van der Waals surface area contributed by atoms with Crippen molar-refractivity contribution in [1.82, 2.24) is 10.3 Å². The highest BCUT2D eigenvalue weighted by Crippen LogP contribution is 2.22. The Bertz CT molecular complexity index is 294. The molecule has 0 aliphatic carbocycles. The summed E-state index contributed by atoms with van der Waals surface area (Å²) in [4.78, 5) is 5.66. The van der Waals surface area contributed by atoms with Gasteiger partial charge in [-0.25, -0.2) is 4.98 Å². The Morgan fingerprint density at radius 2 is 2.07 bits per heavy atom. The zero-order valence-corrected chi connectivity index (χ0v) is 11.2. The summed E-state index contributed by atoms with van der Waals surface area (Å²) < 4.78 is 0. The number of aromatic nitrogens is 1. The van der Waals surface area contributed by atoms with Gasteiger partial charge in [0.05, 0.1) is 11.2 Å². The maximum Gasteiger partial charge on any atom is 0.0798 e. The van der Waals surface area contributed by atoms with Crippen LogP contribution in [0, 0.1) is 12.8 Å². The Morgan fingerprint density at radius 1 is 1.40 bits per heavy atom. The molecule has 2 nitrogen and oxygen atoms in total. The van der Waals surface area contributed by atoms with E-state index in [1.54, 1.807) is 11.3 Å². The predicted octanol–water partition coefficient (Wildman–Crippen LogP) is 3.54. The molecular formula is C12H22N2S. The van der Waals surface area contributed by atoms with Crippen LogP contribution < -0.4 is 5.32 Å². The number of rotatable bonds is 5. The Morgan fingerprint density at radius 3 is 2.47 bits per heavy atom. The third-order valence-electron chi connectivity index (χ3n) is 2.88. The van der Waals surface area contributed by atoms with Gasteiger partial charge in [-0.3, -0.25) is 0 Å². The number of nitrogens with zero attached hydrogens (tertiary/aromatic N) is 1. The highest BCUT2D eigenvalue weighted by atomic mass is 32.1. The van der Waals surface area contributed by atoms with E-state index < -0.39 is 0 Å². The highest BCUT2D eigenvalue weighted by Gasteiger charge is 2.17. The summed E-state index contributed by atoms with van der Waals surface area (Å²) in [5, 5.41) is 3.68. The number of hydrogen-bond acceptors (Lipinski definition) is 3. The largest absolute Gasteiger partial charge is 0.306 e. The summed E-state index contributed by atoms with van der Waals surface area (Å²) in [6, 6.07) is 1.02. The third-order valence-corrected chi connectivity index (χ3v) is 4.00. The second kappa shape index (κ2) is 5.61. The van der Waals surface area contributed by atoms with Gasteiger partial charge in [-0.05, 0) is 26.2 Å². The Kier molecular flexibility index (Phi) is 4.74. The quantitative estimate of drug-likeness (QED) is 0.830. The van der Waals surface area contributed by atoms with E-state index in [-0.39, 0.29) is 0 Å². The minimum Gasteiger partial charge on any atom is -0.306 e. The van der Waals surface area contributed by atoms with Crippen LogP contribution in [0.5, 0.6) is 0 Å². The van der Waals surface area contributed by atoms with Crippen molar-refractivity contribution in [3.63, 3.8) is 0 Å². The lowest BCUT2D eigenvalue weighted by molar-refractivity contribution is 0.357. The number of nitrogens with one attached hydrogen (secondary N) is 1. The zero-order valence-electron chi connectivity index (χ0n) is 10.4. The van der Waals surface area contributed by atoms with Crippen LogP contribution in [-0.2, 0) is 0 Å². The monoisotopic (exact) mass is 226 g/mol. The van der Waals surface area contributed by atoms with Gasteiger partial charge in [0.15, 0.2) is 0 Å². The van der Waals surface area contributed by atoms with Crippen molar-refractivity contribution in [3.05, 3.63) is 16.1 Å². The van der Waals surface area contributed by atoms with Crippen molar-refractivity contribution in [2.45, 2.75) is 53.1 Å². The average Bonchev–Trinajstić information content (AvgIpc) is 2.60. The van der Waals surface area contributed by atoms with E-state index in [9.17, 15) is 0 Å². The number of thiazole rings is 1. The molecule has 0 radical (unpaired) electrons. The lowest BCUT2D eigenvalue weighted by Crippen LogP contribution is -2.35. The molecule has 15 heavy (non-hydrogen) atoms. The summed E-state index contributed by atoms with van der Waals surface area (Å²) in [7, 11) is 0.